The molecule has 3 amide bonds. The number of likely N-dealkylation sites (tertiary alicyclic amines) is 1. The Hall–Kier alpha value is -2.21. The average molecular weight is 369 g/mol. The molecule has 1 aromatic carbocycles. The van der Waals surface area contributed by atoms with Gasteiger partial charge in [-0.2, -0.15) is 0 Å². The van der Waals surface area contributed by atoms with Crippen LogP contribution in [0.25, 0.3) is 0 Å². The van der Waals surface area contributed by atoms with Crippen LogP contribution < -0.4 is 10.6 Å². The van der Waals surface area contributed by atoms with Crippen molar-refractivity contribution in [1.82, 2.24) is 10.2 Å². The van der Waals surface area contributed by atoms with E-state index in [0.717, 1.165) is 16.8 Å². The highest BCUT2D eigenvalue weighted by molar-refractivity contribution is 6.15. The lowest BCUT2D eigenvalue weighted by Crippen LogP contribution is -2.56. The molecular weight excluding hydrogens is 342 g/mol. The number of amides is 3. The molecule has 27 heavy (non-hydrogen) atoms. The smallest absolute Gasteiger partial charge is 0.250 e. The number of carbonyl (C=O) groups is 3. The second kappa shape index (κ2) is 5.41. The predicted octanol–water partition coefficient (Wildman–Crippen LogP) is 2.17. The molecule has 1 aromatic rings. The summed E-state index contributed by atoms with van der Waals surface area (Å²) < 4.78 is 0. The van der Waals surface area contributed by atoms with Gasteiger partial charge in [-0.1, -0.05) is 31.5 Å². The first-order chi connectivity index (χ1) is 12.5. The molecule has 0 saturated carbocycles. The zero-order valence-electron chi connectivity index (χ0n) is 16.7. The fourth-order valence-electron chi connectivity index (χ4n) is 5.08. The first-order valence-electron chi connectivity index (χ1n) is 9.58. The normalized spacial score (nSPS) is 32.5. The molecule has 3 heterocycles. The largest absolute Gasteiger partial charge is 0.324 e. The van der Waals surface area contributed by atoms with Crippen LogP contribution in [0, 0.1) is 24.7 Å². The number of hydrogen-bond donors (Lipinski definition) is 2. The first-order valence-corrected chi connectivity index (χ1v) is 9.58. The summed E-state index contributed by atoms with van der Waals surface area (Å²) in [5, 5.41) is 6.39. The first kappa shape index (κ1) is 18.2. The van der Waals surface area contributed by atoms with Crippen molar-refractivity contribution in [3.63, 3.8) is 0 Å². The number of benzene rings is 1. The van der Waals surface area contributed by atoms with Crippen molar-refractivity contribution in [2.45, 2.75) is 58.7 Å². The Labute approximate surface area is 159 Å². The van der Waals surface area contributed by atoms with Crippen molar-refractivity contribution in [3.8, 4) is 0 Å². The molecule has 3 aliphatic rings. The highest BCUT2D eigenvalue weighted by atomic mass is 16.2. The second-order valence-corrected chi connectivity index (χ2v) is 9.41. The minimum Gasteiger partial charge on any atom is -0.324 e. The highest BCUT2D eigenvalue weighted by Gasteiger charge is 2.71. The van der Waals surface area contributed by atoms with Gasteiger partial charge in [0.05, 0.1) is 11.8 Å². The predicted molar refractivity (Wildman–Crippen MR) is 102 cm³/mol. The summed E-state index contributed by atoms with van der Waals surface area (Å²) >= 11 is 0. The lowest BCUT2D eigenvalue weighted by molar-refractivity contribution is -0.148. The van der Waals surface area contributed by atoms with Gasteiger partial charge in [-0.3, -0.25) is 24.6 Å². The fraction of sp³-hybridized carbons (Fsp3) is 0.571. The molecule has 2 unspecified atom stereocenters. The van der Waals surface area contributed by atoms with Gasteiger partial charge in [0.1, 0.15) is 5.54 Å². The third kappa shape index (κ3) is 2.19. The van der Waals surface area contributed by atoms with Gasteiger partial charge in [0, 0.05) is 22.8 Å². The van der Waals surface area contributed by atoms with Gasteiger partial charge in [-0.15, -0.1) is 0 Å². The number of nitrogens with zero attached hydrogens (tertiary/aromatic N) is 1. The number of nitrogens with one attached hydrogen (secondary N) is 2. The number of hydrogen-bond acceptors (Lipinski definition) is 4. The van der Waals surface area contributed by atoms with Gasteiger partial charge < -0.3 is 5.32 Å². The standard InChI is InChI=1S/C21H27N3O3/c1-10(2)16-14-15(18(26)24(17(14)25)20(4,5)6)21(23-16)12-9-11(3)7-8-13(12)22-19(21)27/h7-10,14-16,23H,1-6H3,(H,22,27)/t14-,15-,16?,21?/m0/s1. The monoisotopic (exact) mass is 369 g/mol. The molecule has 6 heteroatoms. The Kier molecular flexibility index (Phi) is 3.64. The molecule has 4 rings (SSSR count). The van der Waals surface area contributed by atoms with E-state index >= 15 is 0 Å². The molecule has 3 aliphatic heterocycles. The molecule has 0 bridgehead atoms. The number of carbonyl (C=O) groups excluding carboxylic acids is 3. The summed E-state index contributed by atoms with van der Waals surface area (Å²) in [5.41, 5.74) is 0.707. The van der Waals surface area contributed by atoms with Crippen molar-refractivity contribution in [3.05, 3.63) is 29.3 Å². The van der Waals surface area contributed by atoms with Crippen LogP contribution in [0.3, 0.4) is 0 Å². The van der Waals surface area contributed by atoms with Crippen LogP contribution in [0.4, 0.5) is 5.69 Å². The minimum atomic E-state index is -1.19. The summed E-state index contributed by atoms with van der Waals surface area (Å²) in [5.74, 6) is -1.81. The molecule has 1 spiro atoms. The maximum atomic E-state index is 13.5. The van der Waals surface area contributed by atoms with E-state index in [2.05, 4.69) is 10.6 Å². The molecular formula is C21H27N3O3. The third-order valence-corrected chi connectivity index (χ3v) is 6.19. The van der Waals surface area contributed by atoms with Gasteiger partial charge >= 0.3 is 0 Å². The molecule has 4 atom stereocenters. The molecule has 2 N–H and O–H groups in total. The van der Waals surface area contributed by atoms with Crippen molar-refractivity contribution in [2.75, 3.05) is 5.32 Å². The summed E-state index contributed by atoms with van der Waals surface area (Å²) in [6.45, 7) is 11.6. The van der Waals surface area contributed by atoms with E-state index in [1.54, 1.807) is 0 Å². The van der Waals surface area contributed by atoms with E-state index in [1.807, 2.05) is 59.7 Å². The molecule has 2 fully saturated rings. The number of aryl methyl sites for hydroxylation is 1. The summed E-state index contributed by atoms with van der Waals surface area (Å²) in [7, 11) is 0. The fourth-order valence-corrected chi connectivity index (χ4v) is 5.08. The van der Waals surface area contributed by atoms with Gasteiger partial charge in [0.15, 0.2) is 0 Å². The Morgan fingerprint density at radius 3 is 2.37 bits per heavy atom. The quantitative estimate of drug-likeness (QED) is 0.744. The number of fused-ring (bicyclic) bond motifs is 4. The van der Waals surface area contributed by atoms with E-state index in [-0.39, 0.29) is 29.7 Å². The van der Waals surface area contributed by atoms with Crippen molar-refractivity contribution < 1.29 is 14.4 Å². The van der Waals surface area contributed by atoms with Gasteiger partial charge in [-0.05, 0) is 39.7 Å². The van der Waals surface area contributed by atoms with Crippen LogP contribution in [-0.4, -0.2) is 34.2 Å². The molecule has 0 aliphatic carbocycles. The number of rotatable bonds is 1. The van der Waals surface area contributed by atoms with E-state index in [1.165, 1.54) is 4.90 Å². The van der Waals surface area contributed by atoms with Crippen molar-refractivity contribution >= 4 is 23.4 Å². The van der Waals surface area contributed by atoms with Crippen LogP contribution in [-0.2, 0) is 19.9 Å². The number of anilines is 1. The number of imide groups is 1. The maximum absolute atomic E-state index is 13.5. The van der Waals surface area contributed by atoms with Gasteiger partial charge in [0.2, 0.25) is 17.7 Å². The van der Waals surface area contributed by atoms with E-state index in [0.29, 0.717) is 0 Å². The molecule has 2 saturated heterocycles. The Bertz CT molecular complexity index is 870. The Morgan fingerprint density at radius 1 is 1.11 bits per heavy atom. The van der Waals surface area contributed by atoms with E-state index in [4.69, 9.17) is 0 Å². The highest BCUT2D eigenvalue weighted by Crippen LogP contribution is 2.54. The van der Waals surface area contributed by atoms with Crippen LogP contribution in [0.1, 0.15) is 45.7 Å². The second-order valence-electron chi connectivity index (χ2n) is 9.41. The van der Waals surface area contributed by atoms with E-state index < -0.39 is 22.9 Å². The Morgan fingerprint density at radius 2 is 1.78 bits per heavy atom. The van der Waals surface area contributed by atoms with Crippen molar-refractivity contribution in [2.24, 2.45) is 17.8 Å². The zero-order chi connectivity index (χ0) is 19.9. The minimum absolute atomic E-state index is 0.107. The third-order valence-electron chi connectivity index (χ3n) is 6.19. The van der Waals surface area contributed by atoms with Crippen LogP contribution in [0.15, 0.2) is 18.2 Å². The van der Waals surface area contributed by atoms with Gasteiger partial charge in [0.25, 0.3) is 0 Å². The Balaban J connectivity index is 1.95. The summed E-state index contributed by atoms with van der Waals surface area (Å²) in [6, 6.07) is 5.53. The van der Waals surface area contributed by atoms with Crippen LogP contribution >= 0.6 is 0 Å². The molecule has 6 nitrogen and oxygen atoms in total. The summed E-state index contributed by atoms with van der Waals surface area (Å²) in [4.78, 5) is 41.4. The van der Waals surface area contributed by atoms with E-state index in [9.17, 15) is 14.4 Å². The molecule has 144 valence electrons. The SMILES string of the molecule is Cc1ccc2c(c1)C1(NC(C(C)C)[C@H]3C(=O)N(C(C)(C)C)C(=O)[C@H]31)C(=O)N2. The van der Waals surface area contributed by atoms with Gasteiger partial charge in [-0.25, -0.2) is 0 Å². The van der Waals surface area contributed by atoms with Crippen molar-refractivity contribution in [1.29, 1.82) is 0 Å². The average Bonchev–Trinajstić information content (AvgIpc) is 3.13. The molecule has 0 aromatic heterocycles. The lowest BCUT2D eigenvalue weighted by Gasteiger charge is -2.35. The topological polar surface area (TPSA) is 78.5 Å². The lowest BCUT2D eigenvalue weighted by atomic mass is 9.75. The maximum Gasteiger partial charge on any atom is 0.250 e. The van der Waals surface area contributed by atoms with Crippen LogP contribution in [0.2, 0.25) is 0 Å². The molecule has 0 radical (unpaired) electrons. The van der Waals surface area contributed by atoms with Crippen LogP contribution in [0.5, 0.6) is 0 Å². The summed E-state index contributed by atoms with van der Waals surface area (Å²) in [6.07, 6.45) is 0. The zero-order valence-corrected chi connectivity index (χ0v) is 16.7.